The van der Waals surface area contributed by atoms with Crippen LogP contribution in [-0.4, -0.2) is 4.98 Å². The van der Waals surface area contributed by atoms with Gasteiger partial charge in [-0.15, -0.1) is 0 Å². The third-order valence-electron chi connectivity index (χ3n) is 2.44. The quantitative estimate of drug-likeness (QED) is 0.742. The van der Waals surface area contributed by atoms with Crippen molar-refractivity contribution < 1.29 is 0 Å². The van der Waals surface area contributed by atoms with E-state index in [0.29, 0.717) is 0 Å². The molecule has 2 heteroatoms. The van der Waals surface area contributed by atoms with Crippen LogP contribution in [0.15, 0.2) is 42.7 Å². The van der Waals surface area contributed by atoms with Gasteiger partial charge in [-0.1, -0.05) is 30.7 Å². The van der Waals surface area contributed by atoms with E-state index in [-0.39, 0.29) is 0 Å². The first kappa shape index (κ1) is 10.2. The molecule has 1 aromatic heterocycles. The molecule has 15 heavy (non-hydrogen) atoms. The lowest BCUT2D eigenvalue weighted by molar-refractivity contribution is 1.11. The fourth-order valence-corrected chi connectivity index (χ4v) is 1.75. The second kappa shape index (κ2) is 4.45. The highest BCUT2D eigenvalue weighted by Gasteiger charge is 2.02. The van der Waals surface area contributed by atoms with Gasteiger partial charge in [0.15, 0.2) is 0 Å². The van der Waals surface area contributed by atoms with Gasteiger partial charge in [0, 0.05) is 17.4 Å². The molecule has 2 rings (SSSR count). The van der Waals surface area contributed by atoms with Gasteiger partial charge in [-0.05, 0) is 41.3 Å². The SMILES string of the molecule is CCc1cnccc1-c1ccc(Cl)cc1. The maximum Gasteiger partial charge on any atom is 0.0406 e. The highest BCUT2D eigenvalue weighted by Crippen LogP contribution is 2.24. The molecule has 1 aromatic carbocycles. The summed E-state index contributed by atoms with van der Waals surface area (Å²) in [5, 5.41) is 0.769. The maximum absolute atomic E-state index is 5.86. The number of pyridine rings is 1. The molecule has 0 radical (unpaired) electrons. The number of hydrogen-bond acceptors (Lipinski definition) is 1. The molecule has 0 bridgehead atoms. The van der Waals surface area contributed by atoms with Gasteiger partial charge in [-0.3, -0.25) is 4.98 Å². The lowest BCUT2D eigenvalue weighted by Crippen LogP contribution is -1.88. The first-order valence-electron chi connectivity index (χ1n) is 5.00. The van der Waals surface area contributed by atoms with E-state index >= 15 is 0 Å². The second-order valence-electron chi connectivity index (χ2n) is 3.39. The molecule has 0 N–H and O–H groups in total. The Bertz CT molecular complexity index is 448. The predicted octanol–water partition coefficient (Wildman–Crippen LogP) is 3.96. The fourth-order valence-electron chi connectivity index (χ4n) is 1.62. The van der Waals surface area contributed by atoms with E-state index in [1.54, 1.807) is 0 Å². The summed E-state index contributed by atoms with van der Waals surface area (Å²) in [6.45, 7) is 2.14. The van der Waals surface area contributed by atoms with Gasteiger partial charge < -0.3 is 0 Å². The lowest BCUT2D eigenvalue weighted by atomic mass is 10.0. The zero-order valence-corrected chi connectivity index (χ0v) is 9.33. The van der Waals surface area contributed by atoms with Crippen molar-refractivity contribution in [2.45, 2.75) is 13.3 Å². The topological polar surface area (TPSA) is 12.9 Å². The largest absolute Gasteiger partial charge is 0.264 e. The Morgan fingerprint density at radius 1 is 1.13 bits per heavy atom. The smallest absolute Gasteiger partial charge is 0.0406 e. The van der Waals surface area contributed by atoms with Crippen LogP contribution in [0.5, 0.6) is 0 Å². The molecule has 1 nitrogen and oxygen atoms in total. The summed E-state index contributed by atoms with van der Waals surface area (Å²) >= 11 is 5.86. The molecular weight excluding hydrogens is 206 g/mol. The van der Waals surface area contributed by atoms with E-state index in [9.17, 15) is 0 Å². The third-order valence-corrected chi connectivity index (χ3v) is 2.69. The van der Waals surface area contributed by atoms with Crippen molar-refractivity contribution in [1.29, 1.82) is 0 Å². The molecule has 0 aliphatic rings. The van der Waals surface area contributed by atoms with Crippen molar-refractivity contribution in [2.75, 3.05) is 0 Å². The highest BCUT2D eigenvalue weighted by atomic mass is 35.5. The van der Waals surface area contributed by atoms with Crippen molar-refractivity contribution in [3.05, 3.63) is 53.3 Å². The molecular formula is C13H12ClN. The molecule has 1 heterocycles. The van der Waals surface area contributed by atoms with Gasteiger partial charge in [0.1, 0.15) is 0 Å². The van der Waals surface area contributed by atoms with Crippen LogP contribution in [0.2, 0.25) is 5.02 Å². The summed E-state index contributed by atoms with van der Waals surface area (Å²) in [7, 11) is 0. The number of benzene rings is 1. The first-order valence-corrected chi connectivity index (χ1v) is 5.38. The molecule has 0 saturated heterocycles. The first-order chi connectivity index (χ1) is 7.31. The molecule has 76 valence electrons. The van der Waals surface area contributed by atoms with Gasteiger partial charge in [0.05, 0.1) is 0 Å². The normalized spacial score (nSPS) is 10.3. The average molecular weight is 218 g/mol. The minimum absolute atomic E-state index is 0.769. The Kier molecular flexibility index (Phi) is 3.02. The zero-order chi connectivity index (χ0) is 10.7. The molecule has 2 aromatic rings. The van der Waals surface area contributed by atoms with Crippen LogP contribution in [0.4, 0.5) is 0 Å². The summed E-state index contributed by atoms with van der Waals surface area (Å²) in [6.07, 6.45) is 4.73. The number of aromatic nitrogens is 1. The summed E-state index contributed by atoms with van der Waals surface area (Å²) in [4.78, 5) is 4.13. The van der Waals surface area contributed by atoms with Gasteiger partial charge in [0.25, 0.3) is 0 Å². The van der Waals surface area contributed by atoms with E-state index in [1.165, 1.54) is 16.7 Å². The van der Waals surface area contributed by atoms with Crippen LogP contribution >= 0.6 is 11.6 Å². The van der Waals surface area contributed by atoms with E-state index in [1.807, 2.05) is 42.7 Å². The number of halogens is 1. The van der Waals surface area contributed by atoms with Crippen LogP contribution in [0, 0.1) is 0 Å². The van der Waals surface area contributed by atoms with Crippen LogP contribution in [0.1, 0.15) is 12.5 Å². The van der Waals surface area contributed by atoms with Crippen molar-refractivity contribution in [3.8, 4) is 11.1 Å². The Hall–Kier alpha value is -1.34. The van der Waals surface area contributed by atoms with Crippen molar-refractivity contribution in [2.24, 2.45) is 0 Å². The number of aryl methyl sites for hydroxylation is 1. The number of rotatable bonds is 2. The molecule has 0 fully saturated rings. The maximum atomic E-state index is 5.86. The number of hydrogen-bond donors (Lipinski definition) is 0. The van der Waals surface area contributed by atoms with Gasteiger partial charge in [0.2, 0.25) is 0 Å². The Labute approximate surface area is 94.7 Å². The fraction of sp³-hybridized carbons (Fsp3) is 0.154. The van der Waals surface area contributed by atoms with Gasteiger partial charge in [-0.2, -0.15) is 0 Å². The third kappa shape index (κ3) is 2.18. The van der Waals surface area contributed by atoms with Crippen molar-refractivity contribution in [1.82, 2.24) is 4.98 Å². The standard InChI is InChI=1S/C13H12ClN/c1-2-10-9-15-8-7-13(10)11-3-5-12(14)6-4-11/h3-9H,2H2,1H3. The van der Waals surface area contributed by atoms with Gasteiger partial charge in [-0.25, -0.2) is 0 Å². The van der Waals surface area contributed by atoms with Crippen LogP contribution < -0.4 is 0 Å². The summed E-state index contributed by atoms with van der Waals surface area (Å²) < 4.78 is 0. The molecule has 0 saturated carbocycles. The Morgan fingerprint density at radius 3 is 2.53 bits per heavy atom. The van der Waals surface area contributed by atoms with E-state index in [2.05, 4.69) is 11.9 Å². The lowest BCUT2D eigenvalue weighted by Gasteiger charge is -2.06. The Morgan fingerprint density at radius 2 is 1.87 bits per heavy atom. The molecule has 0 atom stereocenters. The van der Waals surface area contributed by atoms with Gasteiger partial charge >= 0.3 is 0 Å². The Balaban J connectivity index is 2.49. The van der Waals surface area contributed by atoms with Crippen LogP contribution in [0.3, 0.4) is 0 Å². The van der Waals surface area contributed by atoms with E-state index < -0.39 is 0 Å². The summed E-state index contributed by atoms with van der Waals surface area (Å²) in [6, 6.07) is 9.95. The number of nitrogens with zero attached hydrogens (tertiary/aromatic N) is 1. The van der Waals surface area contributed by atoms with E-state index in [4.69, 9.17) is 11.6 Å². The predicted molar refractivity (Wildman–Crippen MR) is 64.1 cm³/mol. The summed E-state index contributed by atoms with van der Waals surface area (Å²) in [5.41, 5.74) is 3.70. The molecule has 0 amide bonds. The minimum Gasteiger partial charge on any atom is -0.264 e. The van der Waals surface area contributed by atoms with Crippen molar-refractivity contribution in [3.63, 3.8) is 0 Å². The molecule has 0 aliphatic heterocycles. The highest BCUT2D eigenvalue weighted by molar-refractivity contribution is 6.30. The molecule has 0 unspecified atom stereocenters. The van der Waals surface area contributed by atoms with Crippen LogP contribution in [-0.2, 0) is 6.42 Å². The van der Waals surface area contributed by atoms with E-state index in [0.717, 1.165) is 11.4 Å². The second-order valence-corrected chi connectivity index (χ2v) is 3.83. The molecule has 0 spiro atoms. The minimum atomic E-state index is 0.769. The van der Waals surface area contributed by atoms with Crippen LogP contribution in [0.25, 0.3) is 11.1 Å². The average Bonchev–Trinajstić information content (AvgIpc) is 2.30. The summed E-state index contributed by atoms with van der Waals surface area (Å²) in [5.74, 6) is 0. The monoisotopic (exact) mass is 217 g/mol. The molecule has 0 aliphatic carbocycles. The zero-order valence-electron chi connectivity index (χ0n) is 8.57. The van der Waals surface area contributed by atoms with Crippen molar-refractivity contribution >= 4 is 11.6 Å².